The summed E-state index contributed by atoms with van der Waals surface area (Å²) < 4.78 is 6.39. The van der Waals surface area contributed by atoms with Crippen molar-refractivity contribution in [3.05, 3.63) is 28.7 Å². The highest BCUT2D eigenvalue weighted by atomic mass is 79.9. The number of hydrogen-bond donors (Lipinski definition) is 1. The minimum Gasteiger partial charge on any atom is -0.372 e. The Kier molecular flexibility index (Phi) is 4.77. The standard InChI is InChI=1S/C14H17BrN2O3/c1-9-7-17(8-10(2)20-9)14(19)13(18)16-12-5-3-4-11(15)6-12/h3-6,9-10H,7-8H2,1-2H3,(H,16,18). The fourth-order valence-corrected chi connectivity index (χ4v) is 2.64. The van der Waals surface area contributed by atoms with Crippen LogP contribution in [-0.4, -0.2) is 42.0 Å². The number of carbonyl (C=O) groups is 2. The van der Waals surface area contributed by atoms with E-state index in [1.165, 1.54) is 4.90 Å². The Morgan fingerprint density at radius 2 is 1.95 bits per heavy atom. The molecule has 0 saturated carbocycles. The molecule has 2 unspecified atom stereocenters. The maximum atomic E-state index is 12.1. The van der Waals surface area contributed by atoms with Crippen molar-refractivity contribution >= 4 is 33.4 Å². The lowest BCUT2D eigenvalue weighted by atomic mass is 10.2. The van der Waals surface area contributed by atoms with Crippen molar-refractivity contribution in [2.24, 2.45) is 0 Å². The molecule has 2 rings (SSSR count). The van der Waals surface area contributed by atoms with Crippen LogP contribution in [-0.2, 0) is 14.3 Å². The van der Waals surface area contributed by atoms with Gasteiger partial charge in [-0.2, -0.15) is 0 Å². The molecule has 2 atom stereocenters. The molecule has 1 heterocycles. The van der Waals surface area contributed by atoms with Crippen LogP contribution in [0.3, 0.4) is 0 Å². The van der Waals surface area contributed by atoms with Crippen LogP contribution < -0.4 is 5.32 Å². The molecule has 1 aliphatic rings. The van der Waals surface area contributed by atoms with Crippen LogP contribution in [0.4, 0.5) is 5.69 Å². The predicted octanol–water partition coefficient (Wildman–Crippen LogP) is 2.02. The third-order valence-electron chi connectivity index (χ3n) is 2.98. The van der Waals surface area contributed by atoms with Gasteiger partial charge in [-0.1, -0.05) is 22.0 Å². The van der Waals surface area contributed by atoms with E-state index in [1.54, 1.807) is 18.2 Å². The number of carbonyl (C=O) groups excluding carboxylic acids is 2. The molecule has 0 aromatic heterocycles. The zero-order chi connectivity index (χ0) is 14.7. The summed E-state index contributed by atoms with van der Waals surface area (Å²) >= 11 is 3.32. The van der Waals surface area contributed by atoms with Gasteiger partial charge >= 0.3 is 11.8 Å². The molecule has 2 amide bonds. The molecule has 0 bridgehead atoms. The number of hydrogen-bond acceptors (Lipinski definition) is 3. The highest BCUT2D eigenvalue weighted by molar-refractivity contribution is 9.10. The van der Waals surface area contributed by atoms with Gasteiger partial charge in [0.2, 0.25) is 0 Å². The Hall–Kier alpha value is -1.40. The van der Waals surface area contributed by atoms with Crippen molar-refractivity contribution in [2.75, 3.05) is 18.4 Å². The molecule has 1 aliphatic heterocycles. The molecule has 1 N–H and O–H groups in total. The number of nitrogens with zero attached hydrogens (tertiary/aromatic N) is 1. The highest BCUT2D eigenvalue weighted by Crippen LogP contribution is 2.16. The maximum Gasteiger partial charge on any atom is 0.313 e. The molecule has 0 spiro atoms. The summed E-state index contributed by atoms with van der Waals surface area (Å²) in [5.74, 6) is -1.14. The van der Waals surface area contributed by atoms with Gasteiger partial charge in [0.25, 0.3) is 0 Å². The van der Waals surface area contributed by atoms with Crippen molar-refractivity contribution < 1.29 is 14.3 Å². The van der Waals surface area contributed by atoms with Crippen molar-refractivity contribution in [3.8, 4) is 0 Å². The lowest BCUT2D eigenvalue weighted by Gasteiger charge is -2.34. The first-order valence-electron chi connectivity index (χ1n) is 6.47. The quantitative estimate of drug-likeness (QED) is 0.795. The largest absolute Gasteiger partial charge is 0.372 e. The van der Waals surface area contributed by atoms with E-state index in [4.69, 9.17) is 4.74 Å². The summed E-state index contributed by atoms with van der Waals surface area (Å²) in [6.45, 7) is 4.66. The van der Waals surface area contributed by atoms with Crippen LogP contribution in [0.5, 0.6) is 0 Å². The number of rotatable bonds is 1. The van der Waals surface area contributed by atoms with Gasteiger partial charge in [-0.25, -0.2) is 0 Å². The number of amides is 2. The number of anilines is 1. The van der Waals surface area contributed by atoms with E-state index in [9.17, 15) is 9.59 Å². The Balaban J connectivity index is 2.00. The molecule has 6 heteroatoms. The summed E-state index contributed by atoms with van der Waals surface area (Å²) in [6, 6.07) is 7.13. The summed E-state index contributed by atoms with van der Waals surface area (Å²) in [7, 11) is 0. The fourth-order valence-electron chi connectivity index (χ4n) is 2.24. The number of morpholine rings is 1. The molecule has 108 valence electrons. The van der Waals surface area contributed by atoms with E-state index >= 15 is 0 Å². The monoisotopic (exact) mass is 340 g/mol. The van der Waals surface area contributed by atoms with Gasteiger partial charge in [0.15, 0.2) is 0 Å². The summed E-state index contributed by atoms with van der Waals surface area (Å²) in [6.07, 6.45) is -0.109. The Bertz CT molecular complexity index is 511. The Morgan fingerprint density at radius 1 is 1.30 bits per heavy atom. The zero-order valence-electron chi connectivity index (χ0n) is 11.4. The minimum absolute atomic E-state index is 0.0543. The molecule has 1 saturated heterocycles. The van der Waals surface area contributed by atoms with Gasteiger partial charge in [-0.3, -0.25) is 9.59 Å². The number of halogens is 1. The van der Waals surface area contributed by atoms with Gasteiger partial charge < -0.3 is 15.0 Å². The molecule has 1 aromatic carbocycles. The second kappa shape index (κ2) is 6.37. The smallest absolute Gasteiger partial charge is 0.313 e. The number of ether oxygens (including phenoxy) is 1. The molecule has 20 heavy (non-hydrogen) atoms. The van der Waals surface area contributed by atoms with Gasteiger partial charge in [-0.15, -0.1) is 0 Å². The van der Waals surface area contributed by atoms with Crippen LogP contribution in [0.15, 0.2) is 28.7 Å². The molecule has 0 radical (unpaired) electrons. The Morgan fingerprint density at radius 3 is 2.55 bits per heavy atom. The third-order valence-corrected chi connectivity index (χ3v) is 3.48. The van der Waals surface area contributed by atoms with Gasteiger partial charge in [-0.05, 0) is 32.0 Å². The average Bonchev–Trinajstić information content (AvgIpc) is 2.36. The lowest BCUT2D eigenvalue weighted by molar-refractivity contribution is -0.151. The van der Waals surface area contributed by atoms with Gasteiger partial charge in [0, 0.05) is 23.2 Å². The molecular formula is C14H17BrN2O3. The fraction of sp³-hybridized carbons (Fsp3) is 0.429. The van der Waals surface area contributed by atoms with Crippen molar-refractivity contribution in [2.45, 2.75) is 26.1 Å². The van der Waals surface area contributed by atoms with Crippen LogP contribution >= 0.6 is 15.9 Å². The number of benzene rings is 1. The van der Waals surface area contributed by atoms with Crippen molar-refractivity contribution in [3.63, 3.8) is 0 Å². The van der Waals surface area contributed by atoms with E-state index in [0.29, 0.717) is 18.8 Å². The molecule has 0 aliphatic carbocycles. The SMILES string of the molecule is CC1CN(C(=O)C(=O)Nc2cccc(Br)c2)CC(C)O1. The van der Waals surface area contributed by atoms with E-state index < -0.39 is 11.8 Å². The average molecular weight is 341 g/mol. The second-order valence-electron chi connectivity index (χ2n) is 4.93. The van der Waals surface area contributed by atoms with E-state index in [1.807, 2.05) is 19.9 Å². The molecular weight excluding hydrogens is 324 g/mol. The van der Waals surface area contributed by atoms with E-state index in [2.05, 4.69) is 21.2 Å². The highest BCUT2D eigenvalue weighted by Gasteiger charge is 2.29. The van der Waals surface area contributed by atoms with Crippen LogP contribution in [0.1, 0.15) is 13.8 Å². The molecule has 1 aromatic rings. The summed E-state index contributed by atoms with van der Waals surface area (Å²) in [5.41, 5.74) is 0.590. The number of nitrogens with one attached hydrogen (secondary N) is 1. The van der Waals surface area contributed by atoms with E-state index in [0.717, 1.165) is 4.47 Å². The van der Waals surface area contributed by atoms with Crippen molar-refractivity contribution in [1.82, 2.24) is 4.90 Å². The minimum atomic E-state index is -0.621. The van der Waals surface area contributed by atoms with Crippen LogP contribution in [0.25, 0.3) is 0 Å². The second-order valence-corrected chi connectivity index (χ2v) is 5.85. The molecule has 5 nitrogen and oxygen atoms in total. The first-order valence-corrected chi connectivity index (χ1v) is 7.26. The lowest BCUT2D eigenvalue weighted by Crippen LogP contribution is -2.51. The van der Waals surface area contributed by atoms with Crippen LogP contribution in [0, 0.1) is 0 Å². The third kappa shape index (κ3) is 3.80. The summed E-state index contributed by atoms with van der Waals surface area (Å²) in [4.78, 5) is 25.6. The van der Waals surface area contributed by atoms with Crippen molar-refractivity contribution in [1.29, 1.82) is 0 Å². The Labute approximate surface area is 126 Å². The topological polar surface area (TPSA) is 58.6 Å². The zero-order valence-corrected chi connectivity index (χ0v) is 13.0. The normalized spacial score (nSPS) is 22.4. The predicted molar refractivity (Wildman–Crippen MR) is 79.4 cm³/mol. The first-order chi connectivity index (χ1) is 9.45. The maximum absolute atomic E-state index is 12.1. The van der Waals surface area contributed by atoms with E-state index in [-0.39, 0.29) is 12.2 Å². The van der Waals surface area contributed by atoms with Gasteiger partial charge in [0.1, 0.15) is 0 Å². The summed E-state index contributed by atoms with van der Waals surface area (Å²) in [5, 5.41) is 2.61. The van der Waals surface area contributed by atoms with Crippen LogP contribution in [0.2, 0.25) is 0 Å². The van der Waals surface area contributed by atoms with Gasteiger partial charge in [0.05, 0.1) is 12.2 Å². The first kappa shape index (κ1) is 15.0. The molecule has 1 fully saturated rings.